The van der Waals surface area contributed by atoms with Gasteiger partial charge >= 0.3 is 0 Å². The minimum atomic E-state index is -0.669. The molecule has 0 bridgehead atoms. The van der Waals surface area contributed by atoms with Crippen molar-refractivity contribution in [3.8, 4) is 0 Å². The van der Waals surface area contributed by atoms with Gasteiger partial charge in [-0.1, -0.05) is 19.9 Å². The average molecular weight is 283 g/mol. The molecular weight excluding hydrogens is 262 g/mol. The molecule has 0 aliphatic heterocycles. The number of nitrogens with one attached hydrogen (secondary N) is 1. The molecule has 1 unspecified atom stereocenters. The van der Waals surface area contributed by atoms with E-state index in [1.807, 2.05) is 31.4 Å². The summed E-state index contributed by atoms with van der Waals surface area (Å²) in [6, 6.07) is 3.86. The number of amides is 1. The molecule has 0 saturated carbocycles. The maximum Gasteiger partial charge on any atom is 0.244 e. The molecule has 5 heteroatoms. The van der Waals surface area contributed by atoms with Crippen LogP contribution in [-0.4, -0.2) is 36.9 Å². The monoisotopic (exact) mass is 283 g/mol. The van der Waals surface area contributed by atoms with Crippen LogP contribution in [-0.2, 0) is 9.53 Å². The summed E-state index contributed by atoms with van der Waals surface area (Å²) in [5, 5.41) is 14.2. The standard InChI is InChI=1S/C14H21NO3S/c1-11(2)9-18-10-12(16)8-15-14(17)6-5-13-4-3-7-19-13/h3-7,11-12,16H,8-10H2,1-2H3,(H,15,17)/b6-5+. The van der Waals surface area contributed by atoms with E-state index in [1.165, 1.54) is 6.08 Å². The molecule has 1 amide bonds. The van der Waals surface area contributed by atoms with Crippen LogP contribution in [0.15, 0.2) is 23.6 Å². The molecule has 1 aromatic rings. The van der Waals surface area contributed by atoms with Gasteiger partial charge in [0.1, 0.15) is 0 Å². The third-order valence-electron chi connectivity index (χ3n) is 2.22. The van der Waals surface area contributed by atoms with Crippen molar-refractivity contribution >= 4 is 23.3 Å². The van der Waals surface area contributed by atoms with Crippen molar-refractivity contribution in [2.45, 2.75) is 20.0 Å². The molecule has 106 valence electrons. The number of carbonyl (C=O) groups excluding carboxylic acids is 1. The molecule has 0 aliphatic carbocycles. The van der Waals surface area contributed by atoms with Gasteiger partial charge in [0.2, 0.25) is 5.91 Å². The zero-order valence-electron chi connectivity index (χ0n) is 11.3. The largest absolute Gasteiger partial charge is 0.389 e. The fourth-order valence-corrected chi connectivity index (χ4v) is 1.94. The fourth-order valence-electron chi connectivity index (χ4n) is 1.32. The quantitative estimate of drug-likeness (QED) is 0.717. The number of thiophene rings is 1. The molecule has 4 nitrogen and oxygen atoms in total. The van der Waals surface area contributed by atoms with Crippen LogP contribution in [0, 0.1) is 5.92 Å². The molecule has 1 atom stereocenters. The van der Waals surface area contributed by atoms with Crippen molar-refractivity contribution in [3.05, 3.63) is 28.5 Å². The van der Waals surface area contributed by atoms with Crippen LogP contribution in [0.25, 0.3) is 6.08 Å². The Morgan fingerprint density at radius 2 is 2.32 bits per heavy atom. The molecule has 0 fully saturated rings. The molecule has 1 heterocycles. The van der Waals surface area contributed by atoms with Crippen molar-refractivity contribution in [1.29, 1.82) is 0 Å². The first-order valence-corrected chi connectivity index (χ1v) is 7.21. The maximum absolute atomic E-state index is 11.5. The van der Waals surface area contributed by atoms with Gasteiger partial charge in [-0.3, -0.25) is 4.79 Å². The van der Waals surface area contributed by atoms with E-state index >= 15 is 0 Å². The van der Waals surface area contributed by atoms with Gasteiger partial charge < -0.3 is 15.2 Å². The first kappa shape index (κ1) is 15.9. The van der Waals surface area contributed by atoms with Crippen molar-refractivity contribution in [2.75, 3.05) is 19.8 Å². The van der Waals surface area contributed by atoms with E-state index in [2.05, 4.69) is 5.32 Å². The second kappa shape index (κ2) is 8.85. The Morgan fingerprint density at radius 3 is 2.95 bits per heavy atom. The SMILES string of the molecule is CC(C)COCC(O)CNC(=O)/C=C/c1cccs1. The van der Waals surface area contributed by atoms with Crippen molar-refractivity contribution < 1.29 is 14.6 Å². The van der Waals surface area contributed by atoms with Gasteiger partial charge in [-0.05, 0) is 23.4 Å². The highest BCUT2D eigenvalue weighted by Crippen LogP contribution is 2.09. The zero-order valence-corrected chi connectivity index (χ0v) is 12.2. The van der Waals surface area contributed by atoms with Gasteiger partial charge in [0.25, 0.3) is 0 Å². The average Bonchev–Trinajstić information content (AvgIpc) is 2.86. The summed E-state index contributed by atoms with van der Waals surface area (Å²) < 4.78 is 5.29. The molecule has 0 radical (unpaired) electrons. The lowest BCUT2D eigenvalue weighted by atomic mass is 10.2. The van der Waals surface area contributed by atoms with Crippen LogP contribution < -0.4 is 5.32 Å². The maximum atomic E-state index is 11.5. The number of rotatable bonds is 8. The van der Waals surface area contributed by atoms with Crippen LogP contribution in [0.4, 0.5) is 0 Å². The molecule has 0 spiro atoms. The Morgan fingerprint density at radius 1 is 1.53 bits per heavy atom. The number of aliphatic hydroxyl groups is 1. The summed E-state index contributed by atoms with van der Waals surface area (Å²) in [5.41, 5.74) is 0. The van der Waals surface area contributed by atoms with Crippen molar-refractivity contribution in [2.24, 2.45) is 5.92 Å². The van der Waals surface area contributed by atoms with Gasteiger partial charge in [0, 0.05) is 24.1 Å². The van der Waals surface area contributed by atoms with Crippen LogP contribution >= 0.6 is 11.3 Å². The van der Waals surface area contributed by atoms with E-state index in [0.29, 0.717) is 12.5 Å². The topological polar surface area (TPSA) is 58.6 Å². The van der Waals surface area contributed by atoms with Crippen LogP contribution in [0.2, 0.25) is 0 Å². The number of carbonyl (C=O) groups is 1. The Hall–Kier alpha value is -1.17. The third-order valence-corrected chi connectivity index (χ3v) is 3.05. The predicted octanol–water partition coefficient (Wildman–Crippen LogP) is 1.91. The smallest absolute Gasteiger partial charge is 0.244 e. The Labute approximate surface area is 118 Å². The zero-order chi connectivity index (χ0) is 14.1. The number of hydrogen-bond acceptors (Lipinski definition) is 4. The van der Waals surface area contributed by atoms with E-state index in [4.69, 9.17) is 4.74 Å². The molecule has 2 N–H and O–H groups in total. The summed E-state index contributed by atoms with van der Waals surface area (Å²) in [4.78, 5) is 12.5. The normalized spacial score (nSPS) is 13.1. The highest BCUT2D eigenvalue weighted by molar-refractivity contribution is 7.10. The van der Waals surface area contributed by atoms with E-state index in [-0.39, 0.29) is 19.1 Å². The molecule has 0 saturated heterocycles. The first-order valence-electron chi connectivity index (χ1n) is 6.33. The highest BCUT2D eigenvalue weighted by Gasteiger charge is 2.06. The van der Waals surface area contributed by atoms with Crippen LogP contribution in [0.1, 0.15) is 18.7 Å². The van der Waals surface area contributed by atoms with Gasteiger partial charge in [-0.25, -0.2) is 0 Å². The van der Waals surface area contributed by atoms with Gasteiger partial charge in [0.05, 0.1) is 12.7 Å². The second-order valence-electron chi connectivity index (χ2n) is 4.68. The van der Waals surface area contributed by atoms with Crippen molar-refractivity contribution in [1.82, 2.24) is 5.32 Å². The second-order valence-corrected chi connectivity index (χ2v) is 5.66. The lowest BCUT2D eigenvalue weighted by molar-refractivity contribution is -0.117. The van der Waals surface area contributed by atoms with E-state index in [0.717, 1.165) is 4.88 Å². The lowest BCUT2D eigenvalue weighted by Crippen LogP contribution is -2.33. The summed E-state index contributed by atoms with van der Waals surface area (Å²) in [6.07, 6.45) is 2.55. The van der Waals surface area contributed by atoms with E-state index < -0.39 is 6.10 Å². The lowest BCUT2D eigenvalue weighted by Gasteiger charge is -2.12. The number of hydrogen-bond donors (Lipinski definition) is 2. The predicted molar refractivity (Wildman–Crippen MR) is 78.0 cm³/mol. The first-order chi connectivity index (χ1) is 9.08. The molecule has 1 aromatic heterocycles. The Kier molecular flexibility index (Phi) is 7.40. The minimum Gasteiger partial charge on any atom is -0.389 e. The number of aliphatic hydroxyl groups excluding tert-OH is 1. The Bertz CT molecular complexity index is 387. The van der Waals surface area contributed by atoms with Crippen molar-refractivity contribution in [3.63, 3.8) is 0 Å². The fraction of sp³-hybridized carbons (Fsp3) is 0.500. The van der Waals surface area contributed by atoms with Gasteiger partial charge in [-0.15, -0.1) is 11.3 Å². The molecule has 1 rings (SSSR count). The minimum absolute atomic E-state index is 0.200. The summed E-state index contributed by atoms with van der Waals surface area (Å²) in [6.45, 7) is 5.15. The van der Waals surface area contributed by atoms with Crippen LogP contribution in [0.3, 0.4) is 0 Å². The molecule has 0 aliphatic rings. The molecule has 0 aromatic carbocycles. The summed E-state index contributed by atoms with van der Waals surface area (Å²) >= 11 is 1.57. The van der Waals surface area contributed by atoms with Crippen LogP contribution in [0.5, 0.6) is 0 Å². The van der Waals surface area contributed by atoms with E-state index in [9.17, 15) is 9.90 Å². The summed E-state index contributed by atoms with van der Waals surface area (Å²) in [7, 11) is 0. The van der Waals surface area contributed by atoms with Gasteiger partial charge in [-0.2, -0.15) is 0 Å². The number of ether oxygens (including phenoxy) is 1. The molecular formula is C14H21NO3S. The van der Waals surface area contributed by atoms with Gasteiger partial charge in [0.15, 0.2) is 0 Å². The molecule has 19 heavy (non-hydrogen) atoms. The third kappa shape index (κ3) is 7.77. The summed E-state index contributed by atoms with van der Waals surface area (Å²) in [5.74, 6) is 0.229. The Balaban J connectivity index is 2.15. The highest BCUT2D eigenvalue weighted by atomic mass is 32.1. The van der Waals surface area contributed by atoms with E-state index in [1.54, 1.807) is 17.4 Å².